The number of halogens is 1. The van der Waals surface area contributed by atoms with Gasteiger partial charge in [0.05, 0.1) is 5.92 Å². The van der Waals surface area contributed by atoms with Crippen molar-refractivity contribution in [2.45, 2.75) is 72.5 Å². The monoisotopic (exact) mass is 618 g/mol. The van der Waals surface area contributed by atoms with Crippen molar-refractivity contribution >= 4 is 35.5 Å². The van der Waals surface area contributed by atoms with Gasteiger partial charge in [-0.05, 0) is 95.3 Å². The molecular formula is C32H43ClN2O8. The van der Waals surface area contributed by atoms with Crippen molar-refractivity contribution in [3.8, 4) is 5.75 Å². The first-order chi connectivity index (χ1) is 20.1. The van der Waals surface area contributed by atoms with Crippen LogP contribution in [-0.4, -0.2) is 55.0 Å². The summed E-state index contributed by atoms with van der Waals surface area (Å²) in [5, 5.41) is 6.12. The van der Waals surface area contributed by atoms with Gasteiger partial charge in [0, 0.05) is 23.7 Å². The Morgan fingerprint density at radius 1 is 0.860 bits per heavy atom. The number of esters is 2. The van der Waals surface area contributed by atoms with Crippen LogP contribution in [0.3, 0.4) is 0 Å². The molecule has 11 heteroatoms. The van der Waals surface area contributed by atoms with Crippen LogP contribution in [0.1, 0.15) is 70.8 Å². The van der Waals surface area contributed by atoms with Crippen molar-refractivity contribution in [3.05, 3.63) is 64.7 Å². The Morgan fingerprint density at radius 2 is 1.49 bits per heavy atom. The smallest absolute Gasteiger partial charge is 0.407 e. The second-order valence-electron chi connectivity index (χ2n) is 11.9. The molecule has 0 aliphatic rings. The molecule has 236 valence electrons. The fourth-order valence-corrected chi connectivity index (χ4v) is 4.02. The van der Waals surface area contributed by atoms with Gasteiger partial charge in [-0.2, -0.15) is 0 Å². The molecule has 0 bridgehead atoms. The molecule has 2 aromatic carbocycles. The standard InChI is InChI=1S/C32H43ClN2O8/c1-21(19-35-30(39)43-31(3,4)5)18-22(2)28(37)40-20-41-29(38)32(6,7)42-26-14-8-23(9-15-26)16-17-34-27(36)24-10-12-25(33)13-11-24/h8-15,21-22H,16-20H2,1-7H3,(H,34,36)(H,35,39). The zero-order chi connectivity index (χ0) is 32.2. The highest BCUT2D eigenvalue weighted by molar-refractivity contribution is 6.30. The van der Waals surface area contributed by atoms with Gasteiger partial charge in [-0.25, -0.2) is 9.59 Å². The number of alkyl carbamates (subject to hydrolysis) is 1. The molecule has 2 atom stereocenters. The van der Waals surface area contributed by atoms with Gasteiger partial charge < -0.3 is 29.6 Å². The lowest BCUT2D eigenvalue weighted by Crippen LogP contribution is -2.40. The van der Waals surface area contributed by atoms with E-state index in [0.717, 1.165) is 5.56 Å². The maximum atomic E-state index is 12.6. The highest BCUT2D eigenvalue weighted by atomic mass is 35.5. The lowest BCUT2D eigenvalue weighted by atomic mass is 9.97. The van der Waals surface area contributed by atoms with E-state index in [-0.39, 0.29) is 11.8 Å². The molecule has 0 saturated heterocycles. The van der Waals surface area contributed by atoms with E-state index < -0.39 is 41.9 Å². The molecule has 0 saturated carbocycles. The fraction of sp³-hybridized carbons (Fsp3) is 0.500. The summed E-state index contributed by atoms with van der Waals surface area (Å²) in [6, 6.07) is 13.8. The maximum Gasteiger partial charge on any atom is 0.407 e. The molecule has 0 heterocycles. The summed E-state index contributed by atoms with van der Waals surface area (Å²) in [6.45, 7) is 12.3. The number of carbonyl (C=O) groups is 4. The number of ether oxygens (including phenoxy) is 4. The third-order valence-corrected chi connectivity index (χ3v) is 6.39. The van der Waals surface area contributed by atoms with Crippen LogP contribution in [0.25, 0.3) is 0 Å². The van der Waals surface area contributed by atoms with E-state index >= 15 is 0 Å². The maximum absolute atomic E-state index is 12.6. The average molecular weight is 619 g/mol. The molecule has 0 aliphatic heterocycles. The topological polar surface area (TPSA) is 129 Å². The molecule has 2 aromatic rings. The van der Waals surface area contributed by atoms with Gasteiger partial charge in [0.15, 0.2) is 5.60 Å². The fourth-order valence-electron chi connectivity index (χ4n) is 3.90. The largest absolute Gasteiger partial charge is 0.476 e. The summed E-state index contributed by atoms with van der Waals surface area (Å²) in [6.07, 6.45) is 0.550. The summed E-state index contributed by atoms with van der Waals surface area (Å²) in [5.41, 5.74) is -0.424. The lowest BCUT2D eigenvalue weighted by Gasteiger charge is -2.24. The van der Waals surface area contributed by atoms with Gasteiger partial charge >= 0.3 is 18.0 Å². The molecule has 0 radical (unpaired) electrons. The molecule has 10 nitrogen and oxygen atoms in total. The Labute approximate surface area is 258 Å². The number of nitrogens with one attached hydrogen (secondary N) is 2. The van der Waals surface area contributed by atoms with E-state index in [2.05, 4.69) is 10.6 Å². The third-order valence-electron chi connectivity index (χ3n) is 6.14. The van der Waals surface area contributed by atoms with Crippen LogP contribution in [0.4, 0.5) is 4.79 Å². The van der Waals surface area contributed by atoms with Crippen LogP contribution in [-0.2, 0) is 30.2 Å². The number of carbonyl (C=O) groups excluding carboxylic acids is 4. The first-order valence-corrected chi connectivity index (χ1v) is 14.6. The predicted molar refractivity (Wildman–Crippen MR) is 163 cm³/mol. The third kappa shape index (κ3) is 13.4. The molecule has 0 fully saturated rings. The zero-order valence-electron chi connectivity index (χ0n) is 26.0. The van der Waals surface area contributed by atoms with Crippen LogP contribution in [0.5, 0.6) is 5.75 Å². The van der Waals surface area contributed by atoms with E-state index in [0.29, 0.717) is 42.3 Å². The minimum absolute atomic E-state index is 0.00976. The predicted octanol–water partition coefficient (Wildman–Crippen LogP) is 5.70. The first-order valence-electron chi connectivity index (χ1n) is 14.2. The van der Waals surface area contributed by atoms with E-state index in [4.69, 9.17) is 30.5 Å². The number of hydrogen-bond donors (Lipinski definition) is 2. The summed E-state index contributed by atoms with van der Waals surface area (Å²) >= 11 is 5.86. The van der Waals surface area contributed by atoms with Crippen molar-refractivity contribution < 1.29 is 38.1 Å². The van der Waals surface area contributed by atoms with E-state index in [9.17, 15) is 19.2 Å². The molecule has 2 N–H and O–H groups in total. The van der Waals surface area contributed by atoms with Crippen LogP contribution < -0.4 is 15.4 Å². The van der Waals surface area contributed by atoms with Crippen molar-refractivity contribution in [3.63, 3.8) is 0 Å². The molecule has 2 rings (SSSR count). The number of amides is 2. The van der Waals surface area contributed by atoms with Gasteiger partial charge in [0.25, 0.3) is 5.91 Å². The number of rotatable bonds is 14. The first kappa shape index (κ1) is 35.4. The van der Waals surface area contributed by atoms with Crippen molar-refractivity contribution in [1.82, 2.24) is 10.6 Å². The zero-order valence-corrected chi connectivity index (χ0v) is 26.7. The second-order valence-corrected chi connectivity index (χ2v) is 12.3. The Balaban J connectivity index is 1.71. The Morgan fingerprint density at radius 3 is 2.09 bits per heavy atom. The summed E-state index contributed by atoms with van der Waals surface area (Å²) in [4.78, 5) is 49.0. The molecule has 2 unspecified atom stereocenters. The van der Waals surface area contributed by atoms with Gasteiger partial charge in [-0.3, -0.25) is 9.59 Å². The van der Waals surface area contributed by atoms with Crippen LogP contribution >= 0.6 is 11.6 Å². The molecule has 0 aromatic heterocycles. The van der Waals surface area contributed by atoms with Gasteiger partial charge in [0.2, 0.25) is 6.79 Å². The highest BCUT2D eigenvalue weighted by Gasteiger charge is 2.32. The van der Waals surface area contributed by atoms with Crippen LogP contribution in [0.15, 0.2) is 48.5 Å². The van der Waals surface area contributed by atoms with Gasteiger partial charge in [0.1, 0.15) is 11.4 Å². The number of hydrogen-bond acceptors (Lipinski definition) is 8. The molecule has 0 spiro atoms. The van der Waals surface area contributed by atoms with E-state index in [1.165, 1.54) is 0 Å². The number of benzene rings is 2. The van der Waals surface area contributed by atoms with Crippen LogP contribution in [0.2, 0.25) is 5.02 Å². The summed E-state index contributed by atoms with van der Waals surface area (Å²) in [7, 11) is 0. The van der Waals surface area contributed by atoms with Gasteiger partial charge in [-0.15, -0.1) is 0 Å². The van der Waals surface area contributed by atoms with E-state index in [1.54, 1.807) is 77.9 Å². The second kappa shape index (κ2) is 16.2. The van der Waals surface area contributed by atoms with Crippen molar-refractivity contribution in [2.24, 2.45) is 11.8 Å². The minimum atomic E-state index is -1.34. The molecule has 0 aliphatic carbocycles. The SMILES string of the molecule is CC(CNC(=O)OC(C)(C)C)CC(C)C(=O)OCOC(=O)C(C)(C)Oc1ccc(CCNC(=O)c2ccc(Cl)cc2)cc1. The average Bonchev–Trinajstić information content (AvgIpc) is 2.92. The van der Waals surface area contributed by atoms with Crippen molar-refractivity contribution in [2.75, 3.05) is 19.9 Å². The summed E-state index contributed by atoms with van der Waals surface area (Å²) < 4.78 is 21.3. The minimum Gasteiger partial charge on any atom is -0.476 e. The lowest BCUT2D eigenvalue weighted by molar-refractivity contribution is -0.179. The molecule has 43 heavy (non-hydrogen) atoms. The van der Waals surface area contributed by atoms with Crippen LogP contribution in [0, 0.1) is 11.8 Å². The highest BCUT2D eigenvalue weighted by Crippen LogP contribution is 2.21. The van der Waals surface area contributed by atoms with E-state index in [1.807, 2.05) is 19.1 Å². The quantitative estimate of drug-likeness (QED) is 0.204. The molecular weight excluding hydrogens is 576 g/mol. The summed E-state index contributed by atoms with van der Waals surface area (Å²) in [5.74, 6) is -1.42. The van der Waals surface area contributed by atoms with Gasteiger partial charge in [-0.1, -0.05) is 37.6 Å². The molecule has 2 amide bonds. The Bertz CT molecular complexity index is 1220. The Hall–Kier alpha value is -3.79. The Kier molecular flexibility index (Phi) is 13.3. The van der Waals surface area contributed by atoms with Crippen molar-refractivity contribution in [1.29, 1.82) is 0 Å². The normalized spacial score (nSPS) is 12.8.